The second-order valence-electron chi connectivity index (χ2n) is 7.65. The SMILES string of the molecule is Cc1cccc(NC(=O)CN2C(=O)/C(=N/NC(=O)c3cc([N+](=O)[O-])ccc3Cl)c3ccccc32)c1. The molecule has 0 fully saturated rings. The van der Waals surface area contributed by atoms with Crippen molar-refractivity contribution >= 4 is 52.1 Å². The van der Waals surface area contributed by atoms with Gasteiger partial charge in [-0.15, -0.1) is 0 Å². The number of non-ortho nitro benzene ring substituents is 1. The summed E-state index contributed by atoms with van der Waals surface area (Å²) in [7, 11) is 0. The van der Waals surface area contributed by atoms with Crippen LogP contribution in [-0.2, 0) is 9.59 Å². The molecule has 0 unspecified atom stereocenters. The van der Waals surface area contributed by atoms with E-state index in [1.807, 2.05) is 19.1 Å². The minimum atomic E-state index is -0.827. The topological polar surface area (TPSA) is 134 Å². The van der Waals surface area contributed by atoms with Gasteiger partial charge in [0.1, 0.15) is 6.54 Å². The number of fused-ring (bicyclic) bond motifs is 1. The number of amides is 3. The molecule has 0 bridgehead atoms. The minimum absolute atomic E-state index is 0.0131. The maximum Gasteiger partial charge on any atom is 0.279 e. The van der Waals surface area contributed by atoms with E-state index in [9.17, 15) is 24.5 Å². The average molecular weight is 492 g/mol. The number of carbonyl (C=O) groups excluding carboxylic acids is 3. The van der Waals surface area contributed by atoms with Crippen molar-refractivity contribution in [1.29, 1.82) is 0 Å². The molecule has 11 heteroatoms. The molecule has 0 atom stereocenters. The summed E-state index contributed by atoms with van der Waals surface area (Å²) >= 11 is 6.01. The molecule has 0 spiro atoms. The molecule has 10 nitrogen and oxygen atoms in total. The van der Waals surface area contributed by atoms with Crippen molar-refractivity contribution in [1.82, 2.24) is 5.43 Å². The lowest BCUT2D eigenvalue weighted by molar-refractivity contribution is -0.384. The van der Waals surface area contributed by atoms with Crippen molar-refractivity contribution < 1.29 is 19.3 Å². The fourth-order valence-corrected chi connectivity index (χ4v) is 3.76. The van der Waals surface area contributed by atoms with Gasteiger partial charge < -0.3 is 5.32 Å². The Balaban J connectivity index is 1.55. The second-order valence-corrected chi connectivity index (χ2v) is 8.06. The zero-order valence-corrected chi connectivity index (χ0v) is 19.1. The number of para-hydroxylation sites is 1. The molecule has 0 saturated heterocycles. The van der Waals surface area contributed by atoms with Gasteiger partial charge in [-0.25, -0.2) is 5.43 Å². The molecule has 3 aromatic carbocycles. The fraction of sp³-hybridized carbons (Fsp3) is 0.0833. The molecule has 3 amide bonds. The fourth-order valence-electron chi connectivity index (χ4n) is 3.56. The highest BCUT2D eigenvalue weighted by molar-refractivity contribution is 6.54. The van der Waals surface area contributed by atoms with E-state index < -0.39 is 22.6 Å². The van der Waals surface area contributed by atoms with Gasteiger partial charge in [-0.2, -0.15) is 5.10 Å². The summed E-state index contributed by atoms with van der Waals surface area (Å²) in [4.78, 5) is 49.9. The highest BCUT2D eigenvalue weighted by Crippen LogP contribution is 2.29. The number of halogens is 1. The van der Waals surface area contributed by atoms with Crippen molar-refractivity contribution in [2.75, 3.05) is 16.8 Å². The highest BCUT2D eigenvalue weighted by atomic mass is 35.5. The van der Waals surface area contributed by atoms with Gasteiger partial charge in [-0.05, 0) is 36.8 Å². The Morgan fingerprint density at radius 3 is 2.60 bits per heavy atom. The molecular weight excluding hydrogens is 474 g/mol. The van der Waals surface area contributed by atoms with Crippen LogP contribution in [-0.4, -0.2) is 34.9 Å². The molecule has 35 heavy (non-hydrogen) atoms. The number of hydrazone groups is 1. The van der Waals surface area contributed by atoms with Gasteiger partial charge in [0.05, 0.1) is 21.2 Å². The zero-order valence-electron chi connectivity index (χ0n) is 18.3. The number of carbonyl (C=O) groups is 3. The molecule has 0 saturated carbocycles. The van der Waals surface area contributed by atoms with Crippen LogP contribution in [0, 0.1) is 17.0 Å². The first kappa shape index (κ1) is 23.6. The Morgan fingerprint density at radius 1 is 1.09 bits per heavy atom. The number of hydrogen-bond donors (Lipinski definition) is 2. The van der Waals surface area contributed by atoms with Gasteiger partial charge in [-0.3, -0.25) is 29.4 Å². The van der Waals surface area contributed by atoms with Crippen LogP contribution in [0.2, 0.25) is 5.02 Å². The van der Waals surface area contributed by atoms with Crippen LogP contribution in [0.5, 0.6) is 0 Å². The molecule has 0 radical (unpaired) electrons. The van der Waals surface area contributed by atoms with Crippen molar-refractivity contribution in [3.63, 3.8) is 0 Å². The van der Waals surface area contributed by atoms with Crippen LogP contribution < -0.4 is 15.6 Å². The summed E-state index contributed by atoms with van der Waals surface area (Å²) in [5, 5.41) is 17.7. The van der Waals surface area contributed by atoms with E-state index in [1.165, 1.54) is 17.0 Å². The summed E-state index contributed by atoms with van der Waals surface area (Å²) in [6.45, 7) is 1.63. The Kier molecular flexibility index (Phi) is 6.56. The molecule has 1 aliphatic rings. The van der Waals surface area contributed by atoms with Crippen molar-refractivity contribution in [3.05, 3.63) is 98.6 Å². The van der Waals surface area contributed by atoms with E-state index in [-0.39, 0.29) is 28.5 Å². The molecule has 3 aromatic rings. The maximum absolute atomic E-state index is 13.1. The van der Waals surface area contributed by atoms with Crippen molar-refractivity contribution in [2.45, 2.75) is 6.92 Å². The molecule has 0 aliphatic carbocycles. The normalized spacial score (nSPS) is 13.5. The van der Waals surface area contributed by atoms with Gasteiger partial charge in [-0.1, -0.05) is 41.9 Å². The Labute approximate surface area is 204 Å². The predicted molar refractivity (Wildman–Crippen MR) is 131 cm³/mol. The summed E-state index contributed by atoms with van der Waals surface area (Å²) in [5.74, 6) is -1.82. The van der Waals surface area contributed by atoms with Crippen LogP contribution in [0.1, 0.15) is 21.5 Å². The van der Waals surface area contributed by atoms with Crippen LogP contribution in [0.3, 0.4) is 0 Å². The number of hydrogen-bond acceptors (Lipinski definition) is 6. The molecule has 0 aromatic heterocycles. The van der Waals surface area contributed by atoms with E-state index in [2.05, 4.69) is 15.8 Å². The summed E-state index contributed by atoms with van der Waals surface area (Å²) in [6, 6.07) is 17.4. The Morgan fingerprint density at radius 2 is 1.86 bits per heavy atom. The van der Waals surface area contributed by atoms with Gasteiger partial charge in [0.25, 0.3) is 17.5 Å². The lowest BCUT2D eigenvalue weighted by Crippen LogP contribution is -2.38. The van der Waals surface area contributed by atoms with Crippen LogP contribution >= 0.6 is 11.6 Å². The van der Waals surface area contributed by atoms with Crippen LogP contribution in [0.4, 0.5) is 17.1 Å². The van der Waals surface area contributed by atoms with E-state index >= 15 is 0 Å². The maximum atomic E-state index is 13.1. The van der Waals surface area contributed by atoms with Crippen LogP contribution in [0.15, 0.2) is 71.8 Å². The Hall–Kier alpha value is -4.57. The standard InChI is InChI=1S/C24H18ClN5O5/c1-14-5-4-6-15(11-14)26-21(31)13-29-20-8-3-2-7-17(20)22(24(29)33)27-28-23(32)18-12-16(30(34)35)9-10-19(18)25/h2-12H,13H2,1H3,(H,26,31)(H,28,32)/b27-22+. The van der Waals surface area contributed by atoms with Crippen molar-refractivity contribution in [2.24, 2.45) is 5.10 Å². The lowest BCUT2D eigenvalue weighted by Gasteiger charge is -2.16. The number of nitro benzene ring substituents is 1. The monoisotopic (exact) mass is 491 g/mol. The Bertz CT molecular complexity index is 1400. The van der Waals surface area contributed by atoms with Gasteiger partial charge >= 0.3 is 0 Å². The number of nitro groups is 1. The molecule has 1 aliphatic heterocycles. The van der Waals surface area contributed by atoms with E-state index in [0.717, 1.165) is 11.6 Å². The molecular formula is C24H18ClN5O5. The molecule has 4 rings (SSSR count). The molecule has 176 valence electrons. The van der Waals surface area contributed by atoms with Crippen LogP contribution in [0.25, 0.3) is 0 Å². The number of aryl methyl sites for hydroxylation is 1. The number of nitrogens with zero attached hydrogens (tertiary/aromatic N) is 3. The molecule has 1 heterocycles. The first-order valence-corrected chi connectivity index (χ1v) is 10.7. The summed E-state index contributed by atoms with van der Waals surface area (Å²) in [5.41, 5.74) is 4.11. The number of rotatable bonds is 6. The van der Waals surface area contributed by atoms with Crippen molar-refractivity contribution in [3.8, 4) is 0 Å². The third-order valence-electron chi connectivity index (χ3n) is 5.18. The third-order valence-corrected chi connectivity index (χ3v) is 5.51. The first-order valence-electron chi connectivity index (χ1n) is 10.3. The smallest absolute Gasteiger partial charge is 0.279 e. The summed E-state index contributed by atoms with van der Waals surface area (Å²) in [6.07, 6.45) is 0. The second kappa shape index (κ2) is 9.74. The van der Waals surface area contributed by atoms with E-state index in [4.69, 9.17) is 11.6 Å². The minimum Gasteiger partial charge on any atom is -0.325 e. The predicted octanol–water partition coefficient (Wildman–Crippen LogP) is 3.68. The summed E-state index contributed by atoms with van der Waals surface area (Å²) < 4.78 is 0. The molecule has 2 N–H and O–H groups in total. The number of benzene rings is 3. The highest BCUT2D eigenvalue weighted by Gasteiger charge is 2.35. The first-order chi connectivity index (χ1) is 16.7. The largest absolute Gasteiger partial charge is 0.325 e. The lowest BCUT2D eigenvalue weighted by atomic mass is 10.1. The average Bonchev–Trinajstić information content (AvgIpc) is 3.08. The third kappa shape index (κ3) is 5.02. The van der Waals surface area contributed by atoms with E-state index in [1.54, 1.807) is 36.4 Å². The quantitative estimate of drug-likeness (QED) is 0.400. The van der Waals surface area contributed by atoms with E-state index in [0.29, 0.717) is 16.9 Å². The van der Waals surface area contributed by atoms with Gasteiger partial charge in [0, 0.05) is 23.4 Å². The number of nitrogens with one attached hydrogen (secondary N) is 2. The van der Waals surface area contributed by atoms with Gasteiger partial charge in [0.15, 0.2) is 5.71 Å². The van der Waals surface area contributed by atoms with Gasteiger partial charge in [0.2, 0.25) is 5.91 Å². The zero-order chi connectivity index (χ0) is 25.1. The number of anilines is 2.